The number of phenols is 1. The highest BCUT2D eigenvalue weighted by Gasteiger charge is 2.13. The molecule has 0 spiro atoms. The first-order valence-corrected chi connectivity index (χ1v) is 5.72. The maximum Gasteiger partial charge on any atom is 0.338 e. The van der Waals surface area contributed by atoms with Gasteiger partial charge >= 0.3 is 5.97 Å². The molecule has 18 heavy (non-hydrogen) atoms. The van der Waals surface area contributed by atoms with E-state index in [9.17, 15) is 9.90 Å². The molecule has 0 radical (unpaired) electrons. The molecule has 0 saturated heterocycles. The number of ether oxygens (including phenoxy) is 1. The highest BCUT2D eigenvalue weighted by atomic mass is 16.5. The average Bonchev–Trinajstić information content (AvgIpc) is 2.39. The van der Waals surface area contributed by atoms with Crippen molar-refractivity contribution in [2.24, 2.45) is 0 Å². The van der Waals surface area contributed by atoms with Gasteiger partial charge in [0.15, 0.2) is 0 Å². The first kappa shape index (κ1) is 12.2. The van der Waals surface area contributed by atoms with E-state index in [0.29, 0.717) is 5.56 Å². The molecule has 0 saturated carbocycles. The number of aromatic hydroxyl groups is 1. The molecule has 1 atom stereocenters. The summed E-state index contributed by atoms with van der Waals surface area (Å²) >= 11 is 0. The quantitative estimate of drug-likeness (QED) is 0.840. The Morgan fingerprint density at radius 2 is 1.83 bits per heavy atom. The van der Waals surface area contributed by atoms with E-state index in [2.05, 4.69) is 0 Å². The van der Waals surface area contributed by atoms with Gasteiger partial charge < -0.3 is 9.84 Å². The predicted octanol–water partition coefficient (Wildman–Crippen LogP) is 3.31. The van der Waals surface area contributed by atoms with Crippen LogP contribution < -0.4 is 0 Å². The lowest BCUT2D eigenvalue weighted by Gasteiger charge is -2.13. The second kappa shape index (κ2) is 5.36. The van der Waals surface area contributed by atoms with Crippen LogP contribution in [0.3, 0.4) is 0 Å². The zero-order valence-electron chi connectivity index (χ0n) is 10.0. The van der Waals surface area contributed by atoms with Gasteiger partial charge in [0.05, 0.1) is 5.56 Å². The van der Waals surface area contributed by atoms with Gasteiger partial charge in [-0.1, -0.05) is 30.3 Å². The average molecular weight is 242 g/mol. The van der Waals surface area contributed by atoms with E-state index in [0.717, 1.165) is 5.56 Å². The summed E-state index contributed by atoms with van der Waals surface area (Å²) in [5.41, 5.74) is 1.28. The lowest BCUT2D eigenvalue weighted by molar-refractivity contribution is 0.0337. The molecular weight excluding hydrogens is 228 g/mol. The largest absolute Gasteiger partial charge is 0.508 e. The molecule has 0 aliphatic heterocycles. The van der Waals surface area contributed by atoms with Crippen LogP contribution in [-0.2, 0) is 4.74 Å². The minimum atomic E-state index is -0.398. The highest BCUT2D eigenvalue weighted by Crippen LogP contribution is 2.21. The molecule has 3 nitrogen and oxygen atoms in total. The molecule has 0 bridgehead atoms. The number of carbonyl (C=O) groups is 1. The summed E-state index contributed by atoms with van der Waals surface area (Å²) in [7, 11) is 0. The first-order valence-electron chi connectivity index (χ1n) is 5.72. The van der Waals surface area contributed by atoms with Gasteiger partial charge in [0.1, 0.15) is 11.9 Å². The van der Waals surface area contributed by atoms with Crippen molar-refractivity contribution in [1.29, 1.82) is 0 Å². The Morgan fingerprint density at radius 1 is 1.11 bits per heavy atom. The fourth-order valence-corrected chi connectivity index (χ4v) is 1.65. The van der Waals surface area contributed by atoms with Crippen LogP contribution in [-0.4, -0.2) is 11.1 Å². The molecular formula is C15H14O3. The fourth-order valence-electron chi connectivity index (χ4n) is 1.65. The third kappa shape index (κ3) is 2.88. The topological polar surface area (TPSA) is 46.5 Å². The summed E-state index contributed by atoms with van der Waals surface area (Å²) in [6, 6.07) is 15.5. The Labute approximate surface area is 106 Å². The van der Waals surface area contributed by atoms with Crippen molar-refractivity contribution in [3.8, 4) is 5.75 Å². The minimum Gasteiger partial charge on any atom is -0.508 e. The highest BCUT2D eigenvalue weighted by molar-refractivity contribution is 5.89. The molecule has 2 aromatic rings. The number of hydrogen-bond acceptors (Lipinski definition) is 3. The van der Waals surface area contributed by atoms with Gasteiger partial charge in [-0.2, -0.15) is 0 Å². The van der Waals surface area contributed by atoms with Gasteiger partial charge in [-0.3, -0.25) is 0 Å². The number of esters is 1. The number of hydrogen-bond donors (Lipinski definition) is 1. The van der Waals surface area contributed by atoms with E-state index in [1.54, 1.807) is 49.4 Å². The van der Waals surface area contributed by atoms with Crippen molar-refractivity contribution >= 4 is 5.97 Å². The minimum absolute atomic E-state index is 0.162. The maximum atomic E-state index is 11.8. The van der Waals surface area contributed by atoms with Crippen molar-refractivity contribution in [2.45, 2.75) is 13.0 Å². The van der Waals surface area contributed by atoms with Gasteiger partial charge in [0.2, 0.25) is 0 Å². The molecule has 1 N–H and O–H groups in total. The standard InChI is InChI=1S/C15H14O3/c1-11(13-8-5-9-14(16)10-13)18-15(17)12-6-3-2-4-7-12/h2-11,16H,1H3. The Bertz CT molecular complexity index is 534. The molecule has 0 fully saturated rings. The van der Waals surface area contributed by atoms with Crippen LogP contribution in [0.5, 0.6) is 5.75 Å². The van der Waals surface area contributed by atoms with Crippen LogP contribution in [0.15, 0.2) is 54.6 Å². The molecule has 0 amide bonds. The summed E-state index contributed by atoms with van der Waals surface area (Å²) < 4.78 is 5.33. The molecule has 0 heterocycles. The maximum absolute atomic E-state index is 11.8. The van der Waals surface area contributed by atoms with Crippen molar-refractivity contribution in [1.82, 2.24) is 0 Å². The van der Waals surface area contributed by atoms with Crippen LogP contribution in [0.2, 0.25) is 0 Å². The van der Waals surface area contributed by atoms with E-state index >= 15 is 0 Å². The summed E-state index contributed by atoms with van der Waals surface area (Å²) in [6.07, 6.45) is -0.398. The SMILES string of the molecule is CC(OC(=O)c1ccccc1)c1cccc(O)c1. The second-order valence-electron chi connectivity index (χ2n) is 4.01. The molecule has 92 valence electrons. The van der Waals surface area contributed by atoms with E-state index in [1.165, 1.54) is 0 Å². The number of phenolic OH excluding ortho intramolecular Hbond substituents is 1. The van der Waals surface area contributed by atoms with Crippen molar-refractivity contribution < 1.29 is 14.6 Å². The third-order valence-corrected chi connectivity index (χ3v) is 2.63. The molecule has 2 rings (SSSR count). The lowest BCUT2D eigenvalue weighted by atomic mass is 10.1. The van der Waals surface area contributed by atoms with Crippen LogP contribution in [0.4, 0.5) is 0 Å². The van der Waals surface area contributed by atoms with Crippen molar-refractivity contribution in [3.05, 3.63) is 65.7 Å². The molecule has 2 aromatic carbocycles. The fraction of sp³-hybridized carbons (Fsp3) is 0.133. The number of benzene rings is 2. The lowest BCUT2D eigenvalue weighted by Crippen LogP contribution is -2.08. The Morgan fingerprint density at radius 3 is 2.50 bits per heavy atom. The summed E-state index contributed by atoms with van der Waals surface area (Å²) in [6.45, 7) is 1.77. The zero-order chi connectivity index (χ0) is 13.0. The molecule has 1 unspecified atom stereocenters. The second-order valence-corrected chi connectivity index (χ2v) is 4.01. The normalized spacial score (nSPS) is 11.8. The third-order valence-electron chi connectivity index (χ3n) is 2.63. The van der Waals surface area contributed by atoms with Gasteiger partial charge in [-0.15, -0.1) is 0 Å². The molecule has 0 aliphatic rings. The Hall–Kier alpha value is -2.29. The van der Waals surface area contributed by atoms with Crippen LogP contribution in [0.25, 0.3) is 0 Å². The molecule has 0 aliphatic carbocycles. The van der Waals surface area contributed by atoms with E-state index in [1.807, 2.05) is 12.1 Å². The zero-order valence-corrected chi connectivity index (χ0v) is 10.0. The monoisotopic (exact) mass is 242 g/mol. The van der Waals surface area contributed by atoms with E-state index < -0.39 is 6.10 Å². The van der Waals surface area contributed by atoms with Crippen LogP contribution in [0.1, 0.15) is 28.9 Å². The molecule has 3 heteroatoms. The van der Waals surface area contributed by atoms with Gasteiger partial charge in [0, 0.05) is 0 Å². The van der Waals surface area contributed by atoms with E-state index in [4.69, 9.17) is 4.74 Å². The van der Waals surface area contributed by atoms with Gasteiger partial charge in [-0.25, -0.2) is 4.79 Å². The van der Waals surface area contributed by atoms with Crippen molar-refractivity contribution in [2.75, 3.05) is 0 Å². The Kier molecular flexibility index (Phi) is 3.63. The number of rotatable bonds is 3. The summed E-state index contributed by atoms with van der Waals surface area (Å²) in [4.78, 5) is 11.8. The van der Waals surface area contributed by atoms with Gasteiger partial charge in [-0.05, 0) is 36.8 Å². The van der Waals surface area contributed by atoms with Gasteiger partial charge in [0.25, 0.3) is 0 Å². The van der Waals surface area contributed by atoms with Crippen molar-refractivity contribution in [3.63, 3.8) is 0 Å². The van der Waals surface area contributed by atoms with E-state index in [-0.39, 0.29) is 11.7 Å². The molecule has 0 aromatic heterocycles. The smallest absolute Gasteiger partial charge is 0.338 e. The predicted molar refractivity (Wildman–Crippen MR) is 68.4 cm³/mol. The first-order chi connectivity index (χ1) is 8.66. The summed E-state index contributed by atoms with van der Waals surface area (Å²) in [5, 5.41) is 9.37. The van der Waals surface area contributed by atoms with Crippen LogP contribution in [0, 0.1) is 0 Å². The number of carbonyl (C=O) groups excluding carboxylic acids is 1. The summed E-state index contributed by atoms with van der Waals surface area (Å²) in [5.74, 6) is -0.207. The Balaban J connectivity index is 2.08. The van der Waals surface area contributed by atoms with Crippen LogP contribution >= 0.6 is 0 Å².